The first-order valence-electron chi connectivity index (χ1n) is 5.60. The molecule has 0 radical (unpaired) electrons. The van der Waals surface area contributed by atoms with Gasteiger partial charge in [0.25, 0.3) is 0 Å². The number of pyridine rings is 1. The maximum atomic E-state index is 4.04. The van der Waals surface area contributed by atoms with Gasteiger partial charge >= 0.3 is 0 Å². The molecule has 2 aromatic rings. The van der Waals surface area contributed by atoms with E-state index in [0.29, 0.717) is 0 Å². The zero-order valence-electron chi connectivity index (χ0n) is 10.2. The second kappa shape index (κ2) is 4.83. The molecular weight excluding hydrogens is 208 g/mol. The lowest BCUT2D eigenvalue weighted by molar-refractivity contribution is 1.33. The Kier molecular flexibility index (Phi) is 3.24. The average Bonchev–Trinajstić information content (AvgIpc) is 2.39. The Hall–Kier alpha value is -2.09. The topological polar surface area (TPSA) is 24.9 Å². The summed E-state index contributed by atoms with van der Waals surface area (Å²) < 4.78 is 0. The molecule has 0 aliphatic heterocycles. The molecule has 2 nitrogen and oxygen atoms in total. The van der Waals surface area contributed by atoms with Gasteiger partial charge in [-0.15, -0.1) is 0 Å². The van der Waals surface area contributed by atoms with E-state index in [0.717, 1.165) is 11.3 Å². The number of nitrogens with zero attached hydrogens (tertiary/aromatic N) is 1. The zero-order chi connectivity index (χ0) is 12.3. The maximum absolute atomic E-state index is 4.04. The predicted octanol–water partition coefficient (Wildman–Crippen LogP) is 3.82. The van der Waals surface area contributed by atoms with E-state index in [1.54, 1.807) is 0 Å². The largest absolute Gasteiger partial charge is 0.388 e. The highest BCUT2D eigenvalue weighted by molar-refractivity contribution is 5.81. The summed E-state index contributed by atoms with van der Waals surface area (Å²) in [5, 5.41) is 3.15. The van der Waals surface area contributed by atoms with Gasteiger partial charge in [0.15, 0.2) is 0 Å². The minimum Gasteiger partial charge on any atom is -0.388 e. The van der Waals surface area contributed by atoms with Crippen LogP contribution in [0.15, 0.2) is 49.3 Å². The van der Waals surface area contributed by atoms with E-state index in [4.69, 9.17) is 0 Å². The van der Waals surface area contributed by atoms with Crippen molar-refractivity contribution in [3.63, 3.8) is 0 Å². The molecule has 0 bridgehead atoms. The highest BCUT2D eigenvalue weighted by Crippen LogP contribution is 2.30. The van der Waals surface area contributed by atoms with E-state index in [-0.39, 0.29) is 0 Å². The van der Waals surface area contributed by atoms with Crippen LogP contribution in [0.4, 0.5) is 5.69 Å². The summed E-state index contributed by atoms with van der Waals surface area (Å²) in [5.41, 5.74) is 5.69. The molecule has 0 saturated heterocycles. The van der Waals surface area contributed by atoms with Crippen molar-refractivity contribution < 1.29 is 0 Å². The second-order valence-electron chi connectivity index (χ2n) is 4.03. The van der Waals surface area contributed by atoms with Crippen LogP contribution in [0.2, 0.25) is 0 Å². The molecule has 0 aliphatic rings. The Morgan fingerprint density at radius 2 is 1.88 bits per heavy atom. The van der Waals surface area contributed by atoms with Gasteiger partial charge in [0, 0.05) is 25.1 Å². The van der Waals surface area contributed by atoms with Gasteiger partial charge < -0.3 is 5.32 Å². The molecule has 1 N–H and O–H groups in total. The van der Waals surface area contributed by atoms with Crippen LogP contribution in [0.25, 0.3) is 16.7 Å². The normalized spacial score (nSPS) is 10.0. The number of hydrogen-bond acceptors (Lipinski definition) is 2. The second-order valence-corrected chi connectivity index (χ2v) is 4.03. The fraction of sp³-hybridized carbons (Fsp3) is 0.133. The summed E-state index contributed by atoms with van der Waals surface area (Å²) in [7, 11) is 1.92. The summed E-state index contributed by atoms with van der Waals surface area (Å²) >= 11 is 0. The molecule has 86 valence electrons. The molecule has 17 heavy (non-hydrogen) atoms. The average molecular weight is 224 g/mol. The van der Waals surface area contributed by atoms with Crippen LogP contribution in [0.1, 0.15) is 12.5 Å². The van der Waals surface area contributed by atoms with Gasteiger partial charge in [-0.25, -0.2) is 0 Å². The number of benzene rings is 1. The SMILES string of the molecule is C=C(C)c1cc(NC)ccc1-c1ccncc1. The quantitative estimate of drug-likeness (QED) is 0.857. The summed E-state index contributed by atoms with van der Waals surface area (Å²) in [4.78, 5) is 4.04. The van der Waals surface area contributed by atoms with Gasteiger partial charge in [0.05, 0.1) is 0 Å². The van der Waals surface area contributed by atoms with Crippen LogP contribution in [-0.2, 0) is 0 Å². The van der Waals surface area contributed by atoms with Gasteiger partial charge in [-0.3, -0.25) is 4.98 Å². The molecule has 2 heteroatoms. The maximum Gasteiger partial charge on any atom is 0.0344 e. The van der Waals surface area contributed by atoms with E-state index in [1.165, 1.54) is 16.7 Å². The van der Waals surface area contributed by atoms with Gasteiger partial charge in [-0.05, 0) is 47.9 Å². The first kappa shape index (κ1) is 11.4. The summed E-state index contributed by atoms with van der Waals surface area (Å²) in [6.07, 6.45) is 3.62. The van der Waals surface area contributed by atoms with Crippen molar-refractivity contribution in [3.05, 3.63) is 54.9 Å². The van der Waals surface area contributed by atoms with E-state index in [2.05, 4.69) is 35.1 Å². The smallest absolute Gasteiger partial charge is 0.0344 e. The van der Waals surface area contributed by atoms with Crippen LogP contribution in [0.3, 0.4) is 0 Å². The lowest BCUT2D eigenvalue weighted by Crippen LogP contribution is -1.92. The first-order valence-corrected chi connectivity index (χ1v) is 5.60. The molecule has 0 spiro atoms. The molecule has 0 aliphatic carbocycles. The van der Waals surface area contributed by atoms with Crippen LogP contribution in [0.5, 0.6) is 0 Å². The van der Waals surface area contributed by atoms with Crippen molar-refractivity contribution in [1.82, 2.24) is 4.98 Å². The third kappa shape index (κ3) is 2.36. The standard InChI is InChI=1S/C15H16N2/c1-11(2)15-10-13(16-3)4-5-14(15)12-6-8-17-9-7-12/h4-10,16H,1H2,2-3H3. The Morgan fingerprint density at radius 3 is 2.47 bits per heavy atom. The predicted molar refractivity (Wildman–Crippen MR) is 73.9 cm³/mol. The van der Waals surface area contributed by atoms with Crippen molar-refractivity contribution in [3.8, 4) is 11.1 Å². The first-order chi connectivity index (χ1) is 8.22. The van der Waals surface area contributed by atoms with Crippen LogP contribution in [-0.4, -0.2) is 12.0 Å². The highest BCUT2D eigenvalue weighted by atomic mass is 14.8. The molecular formula is C15H16N2. The molecule has 2 rings (SSSR count). The van der Waals surface area contributed by atoms with E-state index in [9.17, 15) is 0 Å². The Bertz CT molecular complexity index is 530. The molecule has 0 amide bonds. The summed E-state index contributed by atoms with van der Waals surface area (Å²) in [5.74, 6) is 0. The van der Waals surface area contributed by atoms with Gasteiger partial charge in [0.1, 0.15) is 0 Å². The van der Waals surface area contributed by atoms with Crippen molar-refractivity contribution >= 4 is 11.3 Å². The van der Waals surface area contributed by atoms with Crippen molar-refractivity contribution in [1.29, 1.82) is 0 Å². The Labute approximate surface area is 102 Å². The lowest BCUT2D eigenvalue weighted by atomic mass is 9.96. The minimum atomic E-state index is 1.06. The van der Waals surface area contributed by atoms with E-state index >= 15 is 0 Å². The van der Waals surface area contributed by atoms with Crippen molar-refractivity contribution in [2.24, 2.45) is 0 Å². The summed E-state index contributed by atoms with van der Waals surface area (Å²) in [6.45, 7) is 6.07. The number of allylic oxidation sites excluding steroid dienone is 1. The molecule has 0 atom stereocenters. The molecule has 1 heterocycles. The minimum absolute atomic E-state index is 1.06. The molecule has 0 fully saturated rings. The number of hydrogen-bond donors (Lipinski definition) is 1. The van der Waals surface area contributed by atoms with Crippen LogP contribution < -0.4 is 5.32 Å². The zero-order valence-corrected chi connectivity index (χ0v) is 10.2. The van der Waals surface area contributed by atoms with Crippen LogP contribution >= 0.6 is 0 Å². The van der Waals surface area contributed by atoms with Gasteiger partial charge in [0.2, 0.25) is 0 Å². The number of rotatable bonds is 3. The third-order valence-corrected chi connectivity index (χ3v) is 2.76. The van der Waals surface area contributed by atoms with Crippen molar-refractivity contribution in [2.75, 3.05) is 12.4 Å². The summed E-state index contributed by atoms with van der Waals surface area (Å²) in [6, 6.07) is 10.3. The number of nitrogens with one attached hydrogen (secondary N) is 1. The van der Waals surface area contributed by atoms with Gasteiger partial charge in [-0.2, -0.15) is 0 Å². The molecule has 0 saturated carbocycles. The monoisotopic (exact) mass is 224 g/mol. The molecule has 0 unspecified atom stereocenters. The Morgan fingerprint density at radius 1 is 1.18 bits per heavy atom. The lowest BCUT2D eigenvalue weighted by Gasteiger charge is -2.11. The fourth-order valence-corrected chi connectivity index (χ4v) is 1.84. The highest BCUT2D eigenvalue weighted by Gasteiger charge is 2.06. The van der Waals surface area contributed by atoms with E-state index < -0.39 is 0 Å². The molecule has 1 aromatic heterocycles. The Balaban J connectivity index is 2.58. The fourth-order valence-electron chi connectivity index (χ4n) is 1.84. The number of anilines is 1. The van der Waals surface area contributed by atoms with E-state index in [1.807, 2.05) is 38.5 Å². The third-order valence-electron chi connectivity index (χ3n) is 2.76. The van der Waals surface area contributed by atoms with Crippen LogP contribution in [0, 0.1) is 0 Å². The van der Waals surface area contributed by atoms with Gasteiger partial charge in [-0.1, -0.05) is 18.2 Å². The number of aromatic nitrogens is 1. The van der Waals surface area contributed by atoms with Crippen molar-refractivity contribution in [2.45, 2.75) is 6.92 Å². The molecule has 1 aromatic carbocycles.